The third-order valence-electron chi connectivity index (χ3n) is 2.56. The third kappa shape index (κ3) is 5.57. The lowest BCUT2D eigenvalue weighted by Gasteiger charge is -2.23. The molecule has 0 aromatic heterocycles. The van der Waals surface area contributed by atoms with Gasteiger partial charge in [-0.25, -0.2) is 0 Å². The molecule has 0 aliphatic rings. The van der Waals surface area contributed by atoms with E-state index in [0.717, 1.165) is 19.4 Å². The van der Waals surface area contributed by atoms with Crippen LogP contribution < -0.4 is 5.32 Å². The molecule has 0 heterocycles. The molecule has 0 aliphatic carbocycles. The van der Waals surface area contributed by atoms with Gasteiger partial charge in [-0.2, -0.15) is 0 Å². The summed E-state index contributed by atoms with van der Waals surface area (Å²) in [6.07, 6.45) is 3.92. The van der Waals surface area contributed by atoms with E-state index in [1.165, 1.54) is 0 Å². The van der Waals surface area contributed by atoms with Crippen LogP contribution >= 0.6 is 0 Å². The third-order valence-corrected chi connectivity index (χ3v) is 2.56. The van der Waals surface area contributed by atoms with Crippen molar-refractivity contribution in [2.45, 2.75) is 45.7 Å². The van der Waals surface area contributed by atoms with Crippen LogP contribution in [0.15, 0.2) is 12.7 Å². The first-order chi connectivity index (χ1) is 7.02. The van der Waals surface area contributed by atoms with Gasteiger partial charge in [-0.3, -0.25) is 4.79 Å². The number of amides is 1. The van der Waals surface area contributed by atoms with Crippen molar-refractivity contribution in [3.8, 4) is 0 Å². The molecule has 0 aromatic carbocycles. The van der Waals surface area contributed by atoms with Crippen LogP contribution in [0.2, 0.25) is 0 Å². The number of carbonyl (C=O) groups excluding carboxylic acids is 1. The quantitative estimate of drug-likeness (QED) is 0.653. The molecule has 0 aromatic rings. The SMILES string of the molecule is C=CCCC(C)NC(C)C(=O)N(C)CC. The number of likely N-dealkylation sites (N-methyl/N-ethyl adjacent to an activating group) is 1. The highest BCUT2D eigenvalue weighted by atomic mass is 16.2. The van der Waals surface area contributed by atoms with E-state index in [4.69, 9.17) is 0 Å². The Morgan fingerprint density at radius 2 is 2.13 bits per heavy atom. The van der Waals surface area contributed by atoms with Crippen molar-refractivity contribution in [1.29, 1.82) is 0 Å². The molecular formula is C12H24N2O. The summed E-state index contributed by atoms with van der Waals surface area (Å²) in [6.45, 7) is 10.4. The average Bonchev–Trinajstić information content (AvgIpc) is 2.23. The number of hydrogen-bond acceptors (Lipinski definition) is 2. The fourth-order valence-corrected chi connectivity index (χ4v) is 1.44. The molecule has 0 spiro atoms. The Balaban J connectivity index is 3.95. The Hall–Kier alpha value is -0.830. The summed E-state index contributed by atoms with van der Waals surface area (Å²) >= 11 is 0. The lowest BCUT2D eigenvalue weighted by molar-refractivity contribution is -0.131. The summed E-state index contributed by atoms with van der Waals surface area (Å²) < 4.78 is 0. The Bertz CT molecular complexity index is 204. The number of nitrogens with one attached hydrogen (secondary N) is 1. The van der Waals surface area contributed by atoms with E-state index >= 15 is 0 Å². The Morgan fingerprint density at radius 3 is 2.60 bits per heavy atom. The first-order valence-corrected chi connectivity index (χ1v) is 5.64. The molecule has 1 N–H and O–H groups in total. The van der Waals surface area contributed by atoms with E-state index in [9.17, 15) is 4.79 Å². The van der Waals surface area contributed by atoms with Crippen LogP contribution in [-0.2, 0) is 4.79 Å². The van der Waals surface area contributed by atoms with E-state index in [1.54, 1.807) is 4.90 Å². The molecular weight excluding hydrogens is 188 g/mol. The van der Waals surface area contributed by atoms with Crippen molar-refractivity contribution in [2.24, 2.45) is 0 Å². The molecule has 0 aliphatic heterocycles. The Kier molecular flexibility index (Phi) is 7.05. The summed E-state index contributed by atoms with van der Waals surface area (Å²) in [6, 6.07) is 0.252. The fourth-order valence-electron chi connectivity index (χ4n) is 1.44. The summed E-state index contributed by atoms with van der Waals surface area (Å²) in [4.78, 5) is 13.5. The van der Waals surface area contributed by atoms with Gasteiger partial charge in [-0.15, -0.1) is 6.58 Å². The normalized spacial score (nSPS) is 14.4. The van der Waals surface area contributed by atoms with Crippen LogP contribution in [0.3, 0.4) is 0 Å². The molecule has 2 atom stereocenters. The van der Waals surface area contributed by atoms with Gasteiger partial charge in [-0.05, 0) is 33.6 Å². The number of nitrogens with zero attached hydrogens (tertiary/aromatic N) is 1. The minimum absolute atomic E-state index is 0.102. The standard InChI is InChI=1S/C12H24N2O/c1-6-8-9-10(3)13-11(4)12(15)14(5)7-2/h6,10-11,13H,1,7-9H2,2-5H3. The van der Waals surface area contributed by atoms with Crippen molar-refractivity contribution in [3.63, 3.8) is 0 Å². The molecule has 2 unspecified atom stereocenters. The van der Waals surface area contributed by atoms with Crippen LogP contribution in [0.1, 0.15) is 33.6 Å². The largest absolute Gasteiger partial charge is 0.345 e. The van der Waals surface area contributed by atoms with Crippen molar-refractivity contribution in [2.75, 3.05) is 13.6 Å². The molecule has 0 radical (unpaired) electrons. The summed E-state index contributed by atoms with van der Waals surface area (Å²) in [7, 11) is 1.83. The predicted molar refractivity (Wildman–Crippen MR) is 64.8 cm³/mol. The first kappa shape index (κ1) is 14.2. The molecule has 0 fully saturated rings. The number of hydrogen-bond donors (Lipinski definition) is 1. The van der Waals surface area contributed by atoms with Crippen molar-refractivity contribution in [1.82, 2.24) is 10.2 Å². The molecule has 0 saturated heterocycles. The second kappa shape index (κ2) is 7.46. The molecule has 0 saturated carbocycles. The van der Waals surface area contributed by atoms with E-state index in [2.05, 4.69) is 18.8 Å². The minimum atomic E-state index is -0.102. The molecule has 88 valence electrons. The van der Waals surface area contributed by atoms with Crippen LogP contribution in [0, 0.1) is 0 Å². The monoisotopic (exact) mass is 212 g/mol. The highest BCUT2D eigenvalue weighted by molar-refractivity contribution is 5.81. The van der Waals surface area contributed by atoms with Crippen LogP contribution in [0.4, 0.5) is 0 Å². The topological polar surface area (TPSA) is 32.3 Å². The zero-order valence-corrected chi connectivity index (χ0v) is 10.4. The van der Waals surface area contributed by atoms with Crippen LogP contribution in [0.5, 0.6) is 0 Å². The number of allylic oxidation sites excluding steroid dienone is 1. The smallest absolute Gasteiger partial charge is 0.239 e. The lowest BCUT2D eigenvalue weighted by Crippen LogP contribution is -2.46. The second-order valence-electron chi connectivity index (χ2n) is 4.01. The van der Waals surface area contributed by atoms with E-state index in [1.807, 2.05) is 27.0 Å². The van der Waals surface area contributed by atoms with E-state index < -0.39 is 0 Å². The van der Waals surface area contributed by atoms with Crippen molar-refractivity contribution < 1.29 is 4.79 Å². The number of rotatable bonds is 7. The lowest BCUT2D eigenvalue weighted by atomic mass is 10.1. The van der Waals surface area contributed by atoms with Gasteiger partial charge in [0.05, 0.1) is 6.04 Å². The Morgan fingerprint density at radius 1 is 1.53 bits per heavy atom. The first-order valence-electron chi connectivity index (χ1n) is 5.64. The van der Waals surface area contributed by atoms with Gasteiger partial charge in [0.25, 0.3) is 0 Å². The van der Waals surface area contributed by atoms with Crippen molar-refractivity contribution >= 4 is 5.91 Å². The van der Waals surface area contributed by atoms with Gasteiger partial charge in [0, 0.05) is 19.6 Å². The van der Waals surface area contributed by atoms with Crippen LogP contribution in [-0.4, -0.2) is 36.5 Å². The fraction of sp³-hybridized carbons (Fsp3) is 0.750. The van der Waals surface area contributed by atoms with E-state index in [0.29, 0.717) is 6.04 Å². The van der Waals surface area contributed by atoms with Gasteiger partial charge in [0.2, 0.25) is 5.91 Å². The highest BCUT2D eigenvalue weighted by Gasteiger charge is 2.17. The zero-order valence-electron chi connectivity index (χ0n) is 10.4. The molecule has 15 heavy (non-hydrogen) atoms. The van der Waals surface area contributed by atoms with Gasteiger partial charge < -0.3 is 10.2 Å². The minimum Gasteiger partial charge on any atom is -0.345 e. The number of carbonyl (C=O) groups is 1. The summed E-state index contributed by atoms with van der Waals surface area (Å²) in [5.74, 6) is 0.156. The molecule has 0 bridgehead atoms. The highest BCUT2D eigenvalue weighted by Crippen LogP contribution is 2.00. The Labute approximate surface area is 93.5 Å². The second-order valence-corrected chi connectivity index (χ2v) is 4.01. The summed E-state index contributed by atoms with van der Waals surface area (Å²) in [5.41, 5.74) is 0. The maximum atomic E-state index is 11.7. The maximum absolute atomic E-state index is 11.7. The molecule has 3 nitrogen and oxygen atoms in total. The van der Waals surface area contributed by atoms with E-state index in [-0.39, 0.29) is 11.9 Å². The molecule has 3 heteroatoms. The summed E-state index contributed by atoms with van der Waals surface area (Å²) in [5, 5.41) is 3.29. The zero-order chi connectivity index (χ0) is 11.8. The average molecular weight is 212 g/mol. The predicted octanol–water partition coefficient (Wildman–Crippen LogP) is 1.80. The van der Waals surface area contributed by atoms with Gasteiger partial charge in [0.15, 0.2) is 0 Å². The van der Waals surface area contributed by atoms with Gasteiger partial charge >= 0.3 is 0 Å². The van der Waals surface area contributed by atoms with Crippen LogP contribution in [0.25, 0.3) is 0 Å². The molecule has 1 amide bonds. The maximum Gasteiger partial charge on any atom is 0.239 e. The van der Waals surface area contributed by atoms with Gasteiger partial charge in [0.1, 0.15) is 0 Å². The molecule has 0 rings (SSSR count). The van der Waals surface area contributed by atoms with Gasteiger partial charge in [-0.1, -0.05) is 6.08 Å². The van der Waals surface area contributed by atoms with Crippen molar-refractivity contribution in [3.05, 3.63) is 12.7 Å².